The first-order valence-electron chi connectivity index (χ1n) is 7.66. The van der Waals surface area contributed by atoms with Crippen molar-refractivity contribution < 1.29 is 4.74 Å². The Morgan fingerprint density at radius 2 is 2.21 bits per heavy atom. The van der Waals surface area contributed by atoms with Crippen molar-refractivity contribution in [2.75, 3.05) is 26.3 Å². The Morgan fingerprint density at radius 1 is 1.37 bits per heavy atom. The van der Waals surface area contributed by atoms with Gasteiger partial charge in [-0.15, -0.1) is 0 Å². The van der Waals surface area contributed by atoms with Crippen LogP contribution in [0.1, 0.15) is 43.9 Å². The van der Waals surface area contributed by atoms with Gasteiger partial charge in [0.25, 0.3) is 0 Å². The van der Waals surface area contributed by atoms with Gasteiger partial charge >= 0.3 is 0 Å². The monoisotopic (exact) mass is 263 g/mol. The van der Waals surface area contributed by atoms with E-state index in [2.05, 4.69) is 29.6 Å². The van der Waals surface area contributed by atoms with E-state index < -0.39 is 0 Å². The molecule has 1 saturated carbocycles. The van der Waals surface area contributed by atoms with Gasteiger partial charge < -0.3 is 4.74 Å². The molecule has 0 bridgehead atoms. The highest BCUT2D eigenvalue weighted by Gasteiger charge is 2.32. The first kappa shape index (κ1) is 13.1. The molecule has 1 aliphatic carbocycles. The standard InChI is InChI=1S/C15H25N3O/c1-3-18-10-13-8-17(7-12-5-6-12)9-14(11-19-4-2)15(13)16-18/h10,12,14H,3-9,11H2,1-2H3/t14-/m1/s1. The van der Waals surface area contributed by atoms with Crippen LogP contribution in [0.3, 0.4) is 0 Å². The molecule has 1 aromatic rings. The molecule has 3 rings (SSSR count). The second-order valence-electron chi connectivity index (χ2n) is 5.89. The van der Waals surface area contributed by atoms with Crippen LogP contribution in [0.15, 0.2) is 6.20 Å². The van der Waals surface area contributed by atoms with Gasteiger partial charge in [-0.25, -0.2) is 0 Å². The van der Waals surface area contributed by atoms with Crippen molar-refractivity contribution in [3.05, 3.63) is 17.5 Å². The van der Waals surface area contributed by atoms with Gasteiger partial charge in [0.15, 0.2) is 0 Å². The number of rotatable bonds is 6. The number of aromatic nitrogens is 2. The van der Waals surface area contributed by atoms with Crippen LogP contribution in [0, 0.1) is 5.92 Å². The molecule has 1 aromatic heterocycles. The highest BCUT2D eigenvalue weighted by Crippen LogP contribution is 2.34. The number of hydrogen-bond acceptors (Lipinski definition) is 3. The van der Waals surface area contributed by atoms with Crippen molar-refractivity contribution in [2.45, 2.75) is 45.7 Å². The maximum Gasteiger partial charge on any atom is 0.0736 e. The summed E-state index contributed by atoms with van der Waals surface area (Å²) >= 11 is 0. The Bertz CT molecular complexity index is 425. The molecule has 0 spiro atoms. The second kappa shape index (κ2) is 5.63. The minimum atomic E-state index is 0.454. The van der Waals surface area contributed by atoms with Crippen molar-refractivity contribution in [1.82, 2.24) is 14.7 Å². The average molecular weight is 263 g/mol. The van der Waals surface area contributed by atoms with Gasteiger partial charge in [0.2, 0.25) is 0 Å². The third-order valence-corrected chi connectivity index (χ3v) is 4.19. The van der Waals surface area contributed by atoms with E-state index in [1.54, 1.807) is 0 Å². The number of fused-ring (bicyclic) bond motifs is 1. The quantitative estimate of drug-likeness (QED) is 0.788. The Balaban J connectivity index is 1.75. The van der Waals surface area contributed by atoms with Crippen molar-refractivity contribution >= 4 is 0 Å². The third-order valence-electron chi connectivity index (χ3n) is 4.19. The van der Waals surface area contributed by atoms with E-state index in [0.717, 1.165) is 38.8 Å². The Kier molecular flexibility index (Phi) is 3.89. The molecule has 0 aromatic carbocycles. The molecule has 2 heterocycles. The molecular weight excluding hydrogens is 238 g/mol. The zero-order valence-corrected chi connectivity index (χ0v) is 12.1. The first-order chi connectivity index (χ1) is 9.30. The fourth-order valence-corrected chi connectivity index (χ4v) is 3.01. The van der Waals surface area contributed by atoms with Gasteiger partial charge in [-0.1, -0.05) is 0 Å². The lowest BCUT2D eigenvalue weighted by Gasteiger charge is -2.31. The maximum absolute atomic E-state index is 5.67. The predicted octanol–water partition coefficient (Wildman–Crippen LogP) is 2.25. The topological polar surface area (TPSA) is 30.3 Å². The van der Waals surface area contributed by atoms with Gasteiger partial charge in [-0.2, -0.15) is 5.10 Å². The van der Waals surface area contributed by atoms with Crippen molar-refractivity contribution in [1.29, 1.82) is 0 Å². The van der Waals surface area contributed by atoms with Crippen LogP contribution in [0.5, 0.6) is 0 Å². The molecule has 19 heavy (non-hydrogen) atoms. The van der Waals surface area contributed by atoms with Gasteiger partial charge in [-0.05, 0) is 32.6 Å². The molecule has 0 amide bonds. The van der Waals surface area contributed by atoms with Crippen LogP contribution in [0.2, 0.25) is 0 Å². The Hall–Kier alpha value is -0.870. The molecule has 1 fully saturated rings. The highest BCUT2D eigenvalue weighted by molar-refractivity contribution is 5.24. The Morgan fingerprint density at radius 3 is 2.89 bits per heavy atom. The molecule has 0 unspecified atom stereocenters. The molecular formula is C15H25N3O. The van der Waals surface area contributed by atoms with Crippen molar-refractivity contribution in [3.63, 3.8) is 0 Å². The summed E-state index contributed by atoms with van der Waals surface area (Å²) in [7, 11) is 0. The molecule has 1 aliphatic heterocycles. The summed E-state index contributed by atoms with van der Waals surface area (Å²) in [6.07, 6.45) is 5.08. The van der Waals surface area contributed by atoms with Crippen LogP contribution in [0.4, 0.5) is 0 Å². The van der Waals surface area contributed by atoms with Crippen LogP contribution in [-0.2, 0) is 17.8 Å². The predicted molar refractivity (Wildman–Crippen MR) is 75.1 cm³/mol. The van der Waals surface area contributed by atoms with Gasteiger partial charge in [0, 0.05) is 50.5 Å². The van der Waals surface area contributed by atoms with E-state index in [1.165, 1.54) is 30.6 Å². The molecule has 0 radical (unpaired) electrons. The summed E-state index contributed by atoms with van der Waals surface area (Å²) in [5.74, 6) is 1.41. The average Bonchev–Trinajstić information content (AvgIpc) is 3.12. The zero-order valence-electron chi connectivity index (χ0n) is 12.1. The van der Waals surface area contributed by atoms with Gasteiger partial charge in [-0.3, -0.25) is 9.58 Å². The fourth-order valence-electron chi connectivity index (χ4n) is 3.01. The first-order valence-corrected chi connectivity index (χ1v) is 7.66. The molecule has 0 N–H and O–H groups in total. The van der Waals surface area contributed by atoms with E-state index in [9.17, 15) is 0 Å². The minimum absolute atomic E-state index is 0.454. The summed E-state index contributed by atoms with van der Waals surface area (Å²) in [6.45, 7) is 10.2. The van der Waals surface area contributed by atoms with E-state index in [-0.39, 0.29) is 0 Å². The van der Waals surface area contributed by atoms with Crippen LogP contribution in [-0.4, -0.2) is 41.0 Å². The third kappa shape index (κ3) is 3.00. The maximum atomic E-state index is 5.67. The second-order valence-corrected chi connectivity index (χ2v) is 5.89. The number of hydrogen-bond donors (Lipinski definition) is 0. The molecule has 2 aliphatic rings. The molecule has 4 heteroatoms. The molecule has 4 nitrogen and oxygen atoms in total. The summed E-state index contributed by atoms with van der Waals surface area (Å²) in [5, 5.41) is 4.74. The minimum Gasteiger partial charge on any atom is -0.381 e. The molecule has 1 atom stereocenters. The smallest absolute Gasteiger partial charge is 0.0736 e. The zero-order chi connectivity index (χ0) is 13.2. The van der Waals surface area contributed by atoms with Crippen LogP contribution >= 0.6 is 0 Å². The molecule has 0 saturated heterocycles. The summed E-state index contributed by atoms with van der Waals surface area (Å²) in [5.41, 5.74) is 2.70. The fraction of sp³-hybridized carbons (Fsp3) is 0.800. The SMILES string of the molecule is CCOC[C@H]1CN(CC2CC2)Cc2cn(CC)nc21. The van der Waals surface area contributed by atoms with Crippen LogP contribution in [0.25, 0.3) is 0 Å². The largest absolute Gasteiger partial charge is 0.381 e. The lowest BCUT2D eigenvalue weighted by Crippen LogP contribution is -2.36. The lowest BCUT2D eigenvalue weighted by atomic mass is 9.97. The van der Waals surface area contributed by atoms with E-state index in [4.69, 9.17) is 9.84 Å². The van der Waals surface area contributed by atoms with Gasteiger partial charge in [0.05, 0.1) is 12.3 Å². The number of nitrogens with zero attached hydrogens (tertiary/aromatic N) is 3. The molecule has 106 valence electrons. The normalized spacial score (nSPS) is 23.6. The summed E-state index contributed by atoms with van der Waals surface area (Å²) in [4.78, 5) is 2.60. The summed E-state index contributed by atoms with van der Waals surface area (Å²) < 4.78 is 7.74. The van der Waals surface area contributed by atoms with Crippen molar-refractivity contribution in [3.8, 4) is 0 Å². The number of aryl methyl sites for hydroxylation is 1. The van der Waals surface area contributed by atoms with Gasteiger partial charge in [0.1, 0.15) is 0 Å². The number of ether oxygens (including phenoxy) is 1. The van der Waals surface area contributed by atoms with E-state index in [0.29, 0.717) is 5.92 Å². The Labute approximate surface area is 115 Å². The van der Waals surface area contributed by atoms with Crippen LogP contribution < -0.4 is 0 Å². The van der Waals surface area contributed by atoms with Crippen molar-refractivity contribution in [2.24, 2.45) is 5.92 Å². The summed E-state index contributed by atoms with van der Waals surface area (Å²) in [6, 6.07) is 0. The van der Waals surface area contributed by atoms with E-state index in [1.807, 2.05) is 0 Å². The highest BCUT2D eigenvalue weighted by atomic mass is 16.5. The lowest BCUT2D eigenvalue weighted by molar-refractivity contribution is 0.104. The van der Waals surface area contributed by atoms with E-state index >= 15 is 0 Å².